The Morgan fingerprint density at radius 1 is 1.37 bits per heavy atom. The first-order valence-corrected chi connectivity index (χ1v) is 9.86. The molecule has 2 aromatic heterocycles. The number of ether oxygens (including phenoxy) is 1. The Bertz CT molecular complexity index is 952. The third kappa shape index (κ3) is 3.61. The molecular formula is C16H20F2N4O4S. The molecule has 0 unspecified atom stereocenters. The second kappa shape index (κ2) is 7.39. The molecule has 11 heteroatoms. The predicted octanol–water partition coefficient (Wildman–Crippen LogP) is 1.64. The first-order valence-electron chi connectivity index (χ1n) is 8.42. The molecule has 0 aliphatic carbocycles. The normalized spacial score (nSPS) is 15.1. The van der Waals surface area contributed by atoms with Gasteiger partial charge in [-0.25, -0.2) is 22.0 Å². The quantitative estimate of drug-likeness (QED) is 0.686. The summed E-state index contributed by atoms with van der Waals surface area (Å²) in [7, 11) is -3.98. The van der Waals surface area contributed by atoms with E-state index in [9.17, 15) is 22.0 Å². The minimum Gasteiger partial charge on any atom is -0.461 e. The Hall–Kier alpha value is -2.27. The monoisotopic (exact) mass is 402 g/mol. The highest BCUT2D eigenvalue weighted by atomic mass is 32.2. The predicted molar refractivity (Wildman–Crippen MR) is 91.0 cm³/mol. The molecule has 0 atom stereocenters. The van der Waals surface area contributed by atoms with Gasteiger partial charge in [-0.1, -0.05) is 0 Å². The number of esters is 1. The Kier molecular flexibility index (Phi) is 5.33. The largest absolute Gasteiger partial charge is 0.461 e. The van der Waals surface area contributed by atoms with E-state index in [0.29, 0.717) is 6.54 Å². The SMILES string of the molecule is CCOC(=O)c1cc(S(=O)(=O)N2CCn3nccc3C2)c(C)n1CC(F)F. The van der Waals surface area contributed by atoms with Crippen LogP contribution in [0.5, 0.6) is 0 Å². The van der Waals surface area contributed by atoms with Crippen molar-refractivity contribution in [3.63, 3.8) is 0 Å². The van der Waals surface area contributed by atoms with Crippen LogP contribution in [-0.2, 0) is 34.4 Å². The molecule has 0 fully saturated rings. The van der Waals surface area contributed by atoms with Gasteiger partial charge in [0.15, 0.2) is 0 Å². The number of fused-ring (bicyclic) bond motifs is 1. The fourth-order valence-corrected chi connectivity index (χ4v) is 4.78. The Morgan fingerprint density at radius 2 is 2.11 bits per heavy atom. The Labute approximate surface area is 155 Å². The number of sulfonamides is 1. The summed E-state index contributed by atoms with van der Waals surface area (Å²) in [5, 5.41) is 4.10. The highest BCUT2D eigenvalue weighted by Crippen LogP contribution is 2.28. The minimum atomic E-state index is -3.98. The van der Waals surface area contributed by atoms with Crippen LogP contribution in [0.25, 0.3) is 0 Å². The Morgan fingerprint density at radius 3 is 2.78 bits per heavy atom. The van der Waals surface area contributed by atoms with Crippen LogP contribution in [0.1, 0.15) is 28.8 Å². The van der Waals surface area contributed by atoms with E-state index in [-0.39, 0.29) is 36.0 Å². The van der Waals surface area contributed by atoms with Crippen LogP contribution in [0.4, 0.5) is 8.78 Å². The standard InChI is InChI=1S/C16H20F2N4O4S/c1-3-26-16(23)13-8-14(11(2)21(13)10-15(17)18)27(24,25)20-6-7-22-12(9-20)4-5-19-22/h4-5,8,15H,3,6-7,9-10H2,1-2H3. The van der Waals surface area contributed by atoms with Gasteiger partial charge < -0.3 is 9.30 Å². The van der Waals surface area contributed by atoms with Crippen molar-refractivity contribution in [2.75, 3.05) is 13.2 Å². The number of rotatable bonds is 6. The highest BCUT2D eigenvalue weighted by Gasteiger charge is 2.33. The molecule has 0 aromatic carbocycles. The number of carbonyl (C=O) groups is 1. The van der Waals surface area contributed by atoms with Crippen molar-refractivity contribution in [1.82, 2.24) is 18.7 Å². The molecule has 0 radical (unpaired) electrons. The molecule has 3 heterocycles. The van der Waals surface area contributed by atoms with Crippen molar-refractivity contribution in [3.8, 4) is 0 Å². The van der Waals surface area contributed by atoms with E-state index in [4.69, 9.17) is 4.74 Å². The molecule has 0 spiro atoms. The van der Waals surface area contributed by atoms with E-state index < -0.39 is 29.0 Å². The smallest absolute Gasteiger partial charge is 0.354 e. The minimum absolute atomic E-state index is 0.0515. The van der Waals surface area contributed by atoms with Gasteiger partial charge in [0.25, 0.3) is 6.43 Å². The molecule has 1 aliphatic heterocycles. The zero-order chi connectivity index (χ0) is 19.8. The summed E-state index contributed by atoms with van der Waals surface area (Å²) in [6, 6.07) is 2.84. The third-order valence-electron chi connectivity index (χ3n) is 4.45. The first-order chi connectivity index (χ1) is 12.8. The maximum atomic E-state index is 13.1. The molecule has 0 N–H and O–H groups in total. The molecule has 0 amide bonds. The molecule has 3 rings (SSSR count). The third-order valence-corrected chi connectivity index (χ3v) is 6.41. The molecule has 1 aliphatic rings. The van der Waals surface area contributed by atoms with Crippen molar-refractivity contribution in [2.45, 2.75) is 44.8 Å². The van der Waals surface area contributed by atoms with Crippen molar-refractivity contribution in [2.24, 2.45) is 0 Å². The number of hydrogen-bond acceptors (Lipinski definition) is 5. The lowest BCUT2D eigenvalue weighted by Crippen LogP contribution is -2.38. The van der Waals surface area contributed by atoms with E-state index in [1.165, 1.54) is 11.2 Å². The summed E-state index contributed by atoms with van der Waals surface area (Å²) in [4.78, 5) is 12.0. The zero-order valence-corrected chi connectivity index (χ0v) is 15.7. The van der Waals surface area contributed by atoms with E-state index in [2.05, 4.69) is 5.10 Å². The van der Waals surface area contributed by atoms with Gasteiger partial charge in [-0.2, -0.15) is 9.40 Å². The number of nitrogens with zero attached hydrogens (tertiary/aromatic N) is 4. The average molecular weight is 402 g/mol. The van der Waals surface area contributed by atoms with Crippen LogP contribution >= 0.6 is 0 Å². The van der Waals surface area contributed by atoms with Crippen LogP contribution in [0.2, 0.25) is 0 Å². The van der Waals surface area contributed by atoms with Crippen molar-refractivity contribution in [3.05, 3.63) is 35.4 Å². The van der Waals surface area contributed by atoms with Crippen LogP contribution in [-0.4, -0.2) is 52.6 Å². The van der Waals surface area contributed by atoms with E-state index in [1.807, 2.05) is 0 Å². The summed E-state index contributed by atoms with van der Waals surface area (Å²) in [6.07, 6.45) is -1.15. The lowest BCUT2D eigenvalue weighted by atomic mass is 10.3. The summed E-state index contributed by atoms with van der Waals surface area (Å²) in [6.45, 7) is 2.97. The maximum Gasteiger partial charge on any atom is 0.354 e. The molecule has 0 saturated carbocycles. The van der Waals surface area contributed by atoms with Gasteiger partial charge in [0, 0.05) is 18.4 Å². The molecule has 0 saturated heterocycles. The fourth-order valence-electron chi connectivity index (χ4n) is 3.13. The number of hydrogen-bond donors (Lipinski definition) is 0. The molecule has 148 valence electrons. The van der Waals surface area contributed by atoms with E-state index in [1.54, 1.807) is 23.9 Å². The summed E-state index contributed by atoms with van der Waals surface area (Å²) < 4.78 is 61.0. The van der Waals surface area contributed by atoms with Crippen LogP contribution < -0.4 is 0 Å². The number of carbonyl (C=O) groups excluding carboxylic acids is 1. The fraction of sp³-hybridized carbons (Fsp3) is 0.500. The van der Waals surface area contributed by atoms with Crippen molar-refractivity contribution < 1.29 is 26.7 Å². The molecule has 0 bridgehead atoms. The molecule has 2 aromatic rings. The van der Waals surface area contributed by atoms with Crippen LogP contribution in [0, 0.1) is 6.92 Å². The van der Waals surface area contributed by atoms with Gasteiger partial charge >= 0.3 is 5.97 Å². The zero-order valence-electron chi connectivity index (χ0n) is 14.9. The van der Waals surface area contributed by atoms with Gasteiger partial charge in [0.05, 0.1) is 31.9 Å². The van der Waals surface area contributed by atoms with Gasteiger partial charge in [-0.15, -0.1) is 0 Å². The van der Waals surface area contributed by atoms with Gasteiger partial charge in [-0.3, -0.25) is 4.68 Å². The highest BCUT2D eigenvalue weighted by molar-refractivity contribution is 7.89. The number of aromatic nitrogens is 3. The number of halogens is 2. The van der Waals surface area contributed by atoms with Gasteiger partial charge in [-0.05, 0) is 26.0 Å². The lowest BCUT2D eigenvalue weighted by molar-refractivity contribution is 0.0506. The van der Waals surface area contributed by atoms with Crippen LogP contribution in [0.15, 0.2) is 23.2 Å². The number of alkyl halides is 2. The van der Waals surface area contributed by atoms with Gasteiger partial charge in [0.2, 0.25) is 10.0 Å². The second-order valence-electron chi connectivity index (χ2n) is 6.09. The van der Waals surface area contributed by atoms with E-state index >= 15 is 0 Å². The summed E-state index contributed by atoms with van der Waals surface area (Å²) in [5.41, 5.74) is 0.618. The second-order valence-corrected chi connectivity index (χ2v) is 7.99. The maximum absolute atomic E-state index is 13.1. The van der Waals surface area contributed by atoms with Crippen LogP contribution in [0.3, 0.4) is 0 Å². The summed E-state index contributed by atoms with van der Waals surface area (Å²) >= 11 is 0. The summed E-state index contributed by atoms with van der Waals surface area (Å²) in [5.74, 6) is -0.834. The average Bonchev–Trinajstić information content (AvgIpc) is 3.19. The molecule has 8 nitrogen and oxygen atoms in total. The Balaban J connectivity index is 2.01. The lowest BCUT2D eigenvalue weighted by Gasteiger charge is -2.27. The molecule has 27 heavy (non-hydrogen) atoms. The van der Waals surface area contributed by atoms with Gasteiger partial charge in [0.1, 0.15) is 10.6 Å². The first kappa shape index (κ1) is 19.5. The topological polar surface area (TPSA) is 86.4 Å². The van der Waals surface area contributed by atoms with Crippen molar-refractivity contribution in [1.29, 1.82) is 0 Å². The van der Waals surface area contributed by atoms with Crippen molar-refractivity contribution >= 4 is 16.0 Å². The molecular weight excluding hydrogens is 382 g/mol. The van der Waals surface area contributed by atoms with E-state index in [0.717, 1.165) is 16.3 Å².